The van der Waals surface area contributed by atoms with Gasteiger partial charge in [-0.15, -0.1) is 11.3 Å². The van der Waals surface area contributed by atoms with Gasteiger partial charge in [0.2, 0.25) is 11.8 Å². The Morgan fingerprint density at radius 1 is 0.976 bits per heavy atom. The third-order valence-electron chi connectivity index (χ3n) is 7.97. The number of aromatic nitrogens is 2. The van der Waals surface area contributed by atoms with Crippen molar-refractivity contribution < 1.29 is 14.3 Å². The van der Waals surface area contributed by atoms with Gasteiger partial charge in [0.15, 0.2) is 0 Å². The van der Waals surface area contributed by atoms with Crippen molar-refractivity contribution in [3.8, 4) is 28.5 Å². The van der Waals surface area contributed by atoms with Crippen LogP contribution in [0.2, 0.25) is 0 Å². The van der Waals surface area contributed by atoms with E-state index in [0.29, 0.717) is 42.1 Å². The van der Waals surface area contributed by atoms with Crippen molar-refractivity contribution in [3.63, 3.8) is 0 Å². The summed E-state index contributed by atoms with van der Waals surface area (Å²) in [5.41, 5.74) is 5.13. The molecule has 0 saturated carbocycles. The minimum Gasteiger partial charge on any atom is -0.507 e. The number of rotatable bonds is 5. The van der Waals surface area contributed by atoms with E-state index >= 15 is 0 Å². The summed E-state index contributed by atoms with van der Waals surface area (Å²) in [5.74, 6) is 2.06. The molecule has 3 heterocycles. The molecular weight excluding hydrogens is 530 g/mol. The zero-order valence-corrected chi connectivity index (χ0v) is 26.1. The molecule has 1 saturated heterocycles. The average Bonchev–Trinajstić information content (AvgIpc) is 3.55. The monoisotopic (exact) mass is 571 g/mol. The molecule has 0 atom stereocenters. The van der Waals surface area contributed by atoms with Crippen molar-refractivity contribution in [2.75, 3.05) is 13.1 Å². The third kappa shape index (κ3) is 6.25. The number of benzene rings is 2. The van der Waals surface area contributed by atoms with E-state index in [9.17, 15) is 9.90 Å². The van der Waals surface area contributed by atoms with Crippen LogP contribution in [0.5, 0.6) is 5.75 Å². The number of oxazole rings is 1. The minimum atomic E-state index is -0.189. The molecule has 0 spiro atoms. The zero-order valence-electron chi connectivity index (χ0n) is 25.2. The fourth-order valence-corrected chi connectivity index (χ4v) is 6.46. The van der Waals surface area contributed by atoms with Crippen molar-refractivity contribution in [3.05, 3.63) is 75.4 Å². The van der Waals surface area contributed by atoms with Crippen LogP contribution in [-0.4, -0.2) is 39.0 Å². The second-order valence-corrected chi connectivity index (χ2v) is 14.1. The average molecular weight is 572 g/mol. The van der Waals surface area contributed by atoms with E-state index in [-0.39, 0.29) is 23.2 Å². The van der Waals surface area contributed by atoms with Crippen LogP contribution in [0.1, 0.15) is 87.9 Å². The fraction of sp³-hybridized carbons (Fsp3) is 0.441. The molecule has 2 aromatic heterocycles. The van der Waals surface area contributed by atoms with Crippen LogP contribution in [0.25, 0.3) is 22.7 Å². The molecule has 0 aliphatic carbocycles. The summed E-state index contributed by atoms with van der Waals surface area (Å²) in [6, 6.07) is 14.0. The number of nitrogens with zero attached hydrogens (tertiary/aromatic N) is 3. The Bertz CT molecular complexity index is 1500. The highest BCUT2D eigenvalue weighted by atomic mass is 32.1. The summed E-state index contributed by atoms with van der Waals surface area (Å²) in [4.78, 5) is 24.8. The summed E-state index contributed by atoms with van der Waals surface area (Å²) in [7, 11) is 0. The Morgan fingerprint density at radius 2 is 1.59 bits per heavy atom. The summed E-state index contributed by atoms with van der Waals surface area (Å²) in [6.07, 6.45) is 2.03. The molecule has 0 bridgehead atoms. The summed E-state index contributed by atoms with van der Waals surface area (Å²) in [5, 5.41) is 14.4. The quantitative estimate of drug-likeness (QED) is 0.262. The predicted molar refractivity (Wildman–Crippen MR) is 166 cm³/mol. The van der Waals surface area contributed by atoms with E-state index in [0.717, 1.165) is 45.8 Å². The third-order valence-corrected chi connectivity index (χ3v) is 8.98. The van der Waals surface area contributed by atoms with Crippen LogP contribution >= 0.6 is 11.3 Å². The molecule has 5 rings (SSSR count). The van der Waals surface area contributed by atoms with Gasteiger partial charge in [-0.25, -0.2) is 9.97 Å². The van der Waals surface area contributed by atoms with Crippen LogP contribution in [-0.2, 0) is 22.0 Å². The Labute approximate surface area is 247 Å². The molecule has 6 nitrogen and oxygen atoms in total. The second kappa shape index (κ2) is 11.1. The number of phenols is 1. The van der Waals surface area contributed by atoms with Crippen molar-refractivity contribution >= 4 is 17.2 Å². The van der Waals surface area contributed by atoms with Gasteiger partial charge in [-0.3, -0.25) is 4.79 Å². The van der Waals surface area contributed by atoms with Crippen molar-refractivity contribution in [2.45, 2.75) is 84.5 Å². The van der Waals surface area contributed by atoms with Gasteiger partial charge in [0.1, 0.15) is 11.5 Å². The van der Waals surface area contributed by atoms with Crippen LogP contribution in [0, 0.1) is 6.92 Å². The summed E-state index contributed by atoms with van der Waals surface area (Å²) < 4.78 is 5.86. The Kier molecular flexibility index (Phi) is 7.86. The molecule has 1 aliphatic rings. The molecule has 2 aromatic carbocycles. The Hall–Kier alpha value is -3.45. The van der Waals surface area contributed by atoms with Gasteiger partial charge in [0, 0.05) is 46.6 Å². The van der Waals surface area contributed by atoms with E-state index in [4.69, 9.17) is 9.40 Å². The Morgan fingerprint density at radius 3 is 2.17 bits per heavy atom. The minimum absolute atomic E-state index is 0.0906. The topological polar surface area (TPSA) is 79.5 Å². The molecule has 216 valence electrons. The van der Waals surface area contributed by atoms with Crippen LogP contribution in [0.3, 0.4) is 0 Å². The van der Waals surface area contributed by atoms with Crippen molar-refractivity contribution in [2.24, 2.45) is 0 Å². The number of likely N-dealkylation sites (tertiary alicyclic amines) is 1. The lowest BCUT2D eigenvalue weighted by Crippen LogP contribution is -2.38. The number of carbonyl (C=O) groups excluding carboxylic acids is 1. The smallest absolute Gasteiger partial charge is 0.228 e. The molecule has 1 amide bonds. The predicted octanol–water partition coefficient (Wildman–Crippen LogP) is 8.02. The van der Waals surface area contributed by atoms with Gasteiger partial charge in [-0.1, -0.05) is 59.7 Å². The van der Waals surface area contributed by atoms with Crippen LogP contribution < -0.4 is 0 Å². The van der Waals surface area contributed by atoms with Crippen LogP contribution in [0.4, 0.5) is 0 Å². The van der Waals surface area contributed by atoms with E-state index < -0.39 is 0 Å². The molecule has 1 N–H and O–H groups in total. The molecule has 0 radical (unpaired) electrons. The number of amides is 1. The lowest BCUT2D eigenvalue weighted by atomic mass is 9.78. The molecule has 4 aromatic rings. The number of phenolic OH excluding ortho intramolecular Hbond substituents is 1. The lowest BCUT2D eigenvalue weighted by molar-refractivity contribution is -0.131. The molecule has 41 heavy (non-hydrogen) atoms. The van der Waals surface area contributed by atoms with E-state index in [1.165, 1.54) is 0 Å². The van der Waals surface area contributed by atoms with Crippen molar-refractivity contribution in [1.29, 1.82) is 0 Å². The van der Waals surface area contributed by atoms with E-state index in [1.807, 2.05) is 42.2 Å². The highest BCUT2D eigenvalue weighted by Gasteiger charge is 2.29. The number of piperidine rings is 1. The van der Waals surface area contributed by atoms with Gasteiger partial charge >= 0.3 is 0 Å². The first-order valence-corrected chi connectivity index (χ1v) is 15.3. The standard InChI is InChI=1S/C34H41N3O3S/c1-21-27(35-31(40-21)22-11-9-8-10-12-22)19-29(38)37-15-13-23(14-16-37)32-36-28(20-41-32)24-17-25(33(2,3)4)30(39)26(18-24)34(5,6)7/h8-12,17-18,20,23,39H,13-16,19H2,1-7H3. The van der Waals surface area contributed by atoms with Gasteiger partial charge in [0.05, 0.1) is 22.8 Å². The summed E-state index contributed by atoms with van der Waals surface area (Å²) >= 11 is 1.70. The number of aryl methyl sites for hydroxylation is 1. The van der Waals surface area contributed by atoms with Gasteiger partial charge < -0.3 is 14.4 Å². The first-order valence-electron chi connectivity index (χ1n) is 14.4. The number of aromatic hydroxyl groups is 1. The highest BCUT2D eigenvalue weighted by Crippen LogP contribution is 2.42. The zero-order chi connectivity index (χ0) is 29.5. The normalized spacial score (nSPS) is 15.0. The molecule has 0 unspecified atom stereocenters. The first kappa shape index (κ1) is 29.1. The summed E-state index contributed by atoms with van der Waals surface area (Å²) in [6.45, 7) is 16.1. The SMILES string of the molecule is Cc1oc(-c2ccccc2)nc1CC(=O)N1CCC(c2nc(-c3cc(C(C)(C)C)c(O)c(C(C)(C)C)c3)cs2)CC1. The maximum atomic E-state index is 13.2. The molecule has 1 aliphatic heterocycles. The van der Waals surface area contributed by atoms with Crippen molar-refractivity contribution in [1.82, 2.24) is 14.9 Å². The van der Waals surface area contributed by atoms with Gasteiger partial charge in [-0.2, -0.15) is 0 Å². The molecule has 1 fully saturated rings. The first-order chi connectivity index (χ1) is 19.3. The number of hydrogen-bond acceptors (Lipinski definition) is 6. The van der Waals surface area contributed by atoms with Crippen LogP contribution in [0.15, 0.2) is 52.3 Å². The maximum absolute atomic E-state index is 13.2. The highest BCUT2D eigenvalue weighted by molar-refractivity contribution is 7.10. The fourth-order valence-electron chi connectivity index (χ4n) is 5.46. The lowest BCUT2D eigenvalue weighted by Gasteiger charge is -2.31. The largest absolute Gasteiger partial charge is 0.507 e. The Balaban J connectivity index is 1.26. The molecular formula is C34H41N3O3S. The molecule has 7 heteroatoms. The second-order valence-electron chi connectivity index (χ2n) is 13.2. The van der Waals surface area contributed by atoms with E-state index in [1.54, 1.807) is 11.3 Å². The van der Waals surface area contributed by atoms with E-state index in [2.05, 4.69) is 64.0 Å². The van der Waals surface area contributed by atoms with Gasteiger partial charge in [0.25, 0.3) is 0 Å². The number of thiazole rings is 1. The number of carbonyl (C=O) groups is 1. The van der Waals surface area contributed by atoms with Gasteiger partial charge in [-0.05, 0) is 54.9 Å². The maximum Gasteiger partial charge on any atom is 0.228 e. The number of hydrogen-bond donors (Lipinski definition) is 1.